The van der Waals surface area contributed by atoms with E-state index in [1.54, 1.807) is 6.33 Å². The number of benzene rings is 1. The number of nitrogens with zero attached hydrogens (tertiary/aromatic N) is 5. The lowest BCUT2D eigenvalue weighted by Gasteiger charge is -2.37. The van der Waals surface area contributed by atoms with Crippen molar-refractivity contribution in [2.24, 2.45) is 5.73 Å². The molecule has 3 heterocycles. The van der Waals surface area contributed by atoms with Crippen LogP contribution in [0.5, 0.6) is 0 Å². The number of hydrogen-bond donors (Lipinski definition) is 3. The number of nitrogens with one attached hydrogen (secondary N) is 2. The largest absolute Gasteiger partial charge is 0.404 e. The molecule has 8 nitrogen and oxygen atoms in total. The zero-order valence-electron chi connectivity index (χ0n) is 16.8. The van der Waals surface area contributed by atoms with Crippen LogP contribution in [-0.2, 0) is 0 Å². The Balaban J connectivity index is 1.66. The first-order chi connectivity index (χ1) is 14.1. The summed E-state index contributed by atoms with van der Waals surface area (Å²) in [6.07, 6.45) is 4.29. The third-order valence-corrected chi connectivity index (χ3v) is 5.50. The number of nitrogens with two attached hydrogens (primary N) is 1. The average Bonchev–Trinajstić information content (AvgIpc) is 3.18. The highest BCUT2D eigenvalue weighted by Crippen LogP contribution is 2.29. The molecule has 1 aliphatic heterocycles. The van der Waals surface area contributed by atoms with Crippen molar-refractivity contribution in [2.75, 3.05) is 31.1 Å². The van der Waals surface area contributed by atoms with Crippen molar-refractivity contribution in [1.29, 1.82) is 5.41 Å². The number of allylic oxidation sites excluding steroid dienone is 1. The van der Waals surface area contributed by atoms with Gasteiger partial charge in [0.2, 0.25) is 0 Å². The van der Waals surface area contributed by atoms with Crippen LogP contribution in [0.15, 0.2) is 36.8 Å². The third-order valence-electron chi connectivity index (χ3n) is 5.50. The molecular weight excluding hydrogens is 364 g/mol. The second-order valence-electron chi connectivity index (χ2n) is 7.48. The minimum Gasteiger partial charge on any atom is -0.404 e. The van der Waals surface area contributed by atoms with Gasteiger partial charge in [0, 0.05) is 61.7 Å². The molecule has 0 bridgehead atoms. The second kappa shape index (κ2) is 8.00. The summed E-state index contributed by atoms with van der Waals surface area (Å²) in [5.41, 5.74) is 9.64. The van der Waals surface area contributed by atoms with Gasteiger partial charge in [-0.25, -0.2) is 9.97 Å². The third kappa shape index (κ3) is 3.71. The van der Waals surface area contributed by atoms with E-state index < -0.39 is 0 Å². The molecule has 0 radical (unpaired) electrons. The summed E-state index contributed by atoms with van der Waals surface area (Å²) in [6.45, 7) is 8.43. The van der Waals surface area contributed by atoms with Gasteiger partial charge in [0.25, 0.3) is 0 Å². The highest BCUT2D eigenvalue weighted by molar-refractivity contribution is 6.09. The van der Waals surface area contributed by atoms with Crippen LogP contribution < -0.4 is 10.6 Å². The maximum absolute atomic E-state index is 7.54. The molecule has 1 fully saturated rings. The molecule has 0 aliphatic carbocycles. The van der Waals surface area contributed by atoms with E-state index in [1.807, 2.05) is 24.3 Å². The zero-order valence-corrected chi connectivity index (χ0v) is 16.8. The Morgan fingerprint density at radius 3 is 2.66 bits per heavy atom. The number of hydrogen-bond acceptors (Lipinski definition) is 7. The summed E-state index contributed by atoms with van der Waals surface area (Å²) in [7, 11) is 0. The maximum atomic E-state index is 7.54. The van der Waals surface area contributed by atoms with Crippen molar-refractivity contribution < 1.29 is 0 Å². The van der Waals surface area contributed by atoms with Crippen LogP contribution in [0.2, 0.25) is 0 Å². The van der Waals surface area contributed by atoms with E-state index in [9.17, 15) is 0 Å². The summed E-state index contributed by atoms with van der Waals surface area (Å²) < 4.78 is 0. The number of aromatic amines is 1. The van der Waals surface area contributed by atoms with E-state index in [4.69, 9.17) is 11.1 Å². The van der Waals surface area contributed by atoms with E-state index in [0.29, 0.717) is 11.6 Å². The topological polar surface area (TPSA) is 111 Å². The molecule has 0 atom stereocenters. The monoisotopic (exact) mass is 390 g/mol. The van der Waals surface area contributed by atoms with Gasteiger partial charge in [0.1, 0.15) is 17.8 Å². The Morgan fingerprint density at radius 2 is 1.97 bits per heavy atom. The summed E-state index contributed by atoms with van der Waals surface area (Å²) in [5.74, 6) is 0.924. The highest BCUT2D eigenvalue weighted by atomic mass is 15.3. The van der Waals surface area contributed by atoms with Crippen LogP contribution >= 0.6 is 0 Å². The van der Waals surface area contributed by atoms with Crippen molar-refractivity contribution >= 4 is 28.5 Å². The number of aromatic nitrogens is 4. The van der Waals surface area contributed by atoms with Gasteiger partial charge < -0.3 is 16.0 Å². The average molecular weight is 390 g/mol. The molecule has 0 spiro atoms. The maximum Gasteiger partial charge on any atom is 0.132 e. The fraction of sp³-hybridized carbons (Fsp3) is 0.333. The van der Waals surface area contributed by atoms with Crippen LogP contribution in [0.3, 0.4) is 0 Å². The van der Waals surface area contributed by atoms with Gasteiger partial charge >= 0.3 is 0 Å². The van der Waals surface area contributed by atoms with Crippen molar-refractivity contribution in [3.8, 4) is 11.4 Å². The number of H-pyrrole nitrogens is 1. The molecule has 8 heteroatoms. The van der Waals surface area contributed by atoms with Gasteiger partial charge in [0.15, 0.2) is 0 Å². The second-order valence-corrected chi connectivity index (χ2v) is 7.48. The van der Waals surface area contributed by atoms with Gasteiger partial charge in [-0.05, 0) is 31.5 Å². The van der Waals surface area contributed by atoms with Crippen LogP contribution in [0.4, 0.5) is 5.82 Å². The Kier molecular flexibility index (Phi) is 5.26. The van der Waals surface area contributed by atoms with E-state index in [2.05, 4.69) is 43.8 Å². The number of fused-ring (bicyclic) bond motifs is 1. The van der Waals surface area contributed by atoms with Crippen molar-refractivity contribution in [1.82, 2.24) is 25.1 Å². The normalized spacial score (nSPS) is 16.0. The standard InChI is InChI=1S/C21H26N8/c1-14(2)28-5-7-29(8-6-28)20-10-19(24-13-25-20)21-17-9-15(16(11-22)12-23)3-4-18(17)26-27-21/h3-4,9-14,22H,5-8,23H2,1-2H3,(H,26,27)/b16-12+,22-11?. The molecule has 1 aliphatic rings. The van der Waals surface area contributed by atoms with Crippen LogP contribution in [-0.4, -0.2) is 63.5 Å². The molecule has 2 aromatic heterocycles. The minimum atomic E-state index is 0.566. The zero-order chi connectivity index (χ0) is 20.4. The molecule has 0 saturated carbocycles. The molecule has 0 unspecified atom stereocenters. The smallest absolute Gasteiger partial charge is 0.132 e. The molecule has 1 aromatic carbocycles. The molecule has 0 amide bonds. The van der Waals surface area contributed by atoms with E-state index in [-0.39, 0.29) is 0 Å². The van der Waals surface area contributed by atoms with Gasteiger partial charge in [-0.1, -0.05) is 6.07 Å². The summed E-state index contributed by atoms with van der Waals surface area (Å²) >= 11 is 0. The van der Waals surface area contributed by atoms with Gasteiger partial charge in [-0.15, -0.1) is 0 Å². The first-order valence-corrected chi connectivity index (χ1v) is 9.83. The predicted molar refractivity (Wildman–Crippen MR) is 117 cm³/mol. The minimum absolute atomic E-state index is 0.566. The summed E-state index contributed by atoms with van der Waals surface area (Å²) in [5, 5.41) is 16.0. The van der Waals surface area contributed by atoms with Crippen LogP contribution in [0, 0.1) is 5.41 Å². The number of piperazine rings is 1. The fourth-order valence-corrected chi connectivity index (χ4v) is 3.73. The molecule has 4 N–H and O–H groups in total. The van der Waals surface area contributed by atoms with Crippen LogP contribution in [0.1, 0.15) is 19.4 Å². The molecule has 4 rings (SSSR count). The van der Waals surface area contributed by atoms with E-state index in [0.717, 1.165) is 59.9 Å². The highest BCUT2D eigenvalue weighted by Gasteiger charge is 2.21. The molecule has 3 aromatic rings. The Hall–Kier alpha value is -3.26. The predicted octanol–water partition coefficient (Wildman–Crippen LogP) is 2.50. The number of rotatable bonds is 5. The fourth-order valence-electron chi connectivity index (χ4n) is 3.73. The van der Waals surface area contributed by atoms with E-state index >= 15 is 0 Å². The van der Waals surface area contributed by atoms with Gasteiger partial charge in [-0.2, -0.15) is 5.10 Å². The lowest BCUT2D eigenvalue weighted by molar-refractivity contribution is 0.209. The SMILES string of the molecule is CC(C)N1CCN(c2cc(-c3n[nH]c4ccc(/C(C=N)=C/N)cc34)ncn2)CC1. The first kappa shape index (κ1) is 19.1. The van der Waals surface area contributed by atoms with Crippen LogP contribution in [0.25, 0.3) is 27.9 Å². The lowest BCUT2D eigenvalue weighted by atomic mass is 10.0. The molecule has 1 saturated heterocycles. The summed E-state index contributed by atoms with van der Waals surface area (Å²) in [6, 6.07) is 8.43. The quantitative estimate of drug-likeness (QED) is 0.577. The number of anilines is 1. The summed E-state index contributed by atoms with van der Waals surface area (Å²) in [4.78, 5) is 13.7. The Bertz CT molecular complexity index is 1040. The van der Waals surface area contributed by atoms with Crippen molar-refractivity contribution in [2.45, 2.75) is 19.9 Å². The van der Waals surface area contributed by atoms with Crippen molar-refractivity contribution in [3.05, 3.63) is 42.4 Å². The molecular formula is C21H26N8. The van der Waals surface area contributed by atoms with Gasteiger partial charge in [0.05, 0.1) is 11.2 Å². The van der Waals surface area contributed by atoms with E-state index in [1.165, 1.54) is 12.4 Å². The Morgan fingerprint density at radius 1 is 1.17 bits per heavy atom. The van der Waals surface area contributed by atoms with Gasteiger partial charge in [-0.3, -0.25) is 10.00 Å². The van der Waals surface area contributed by atoms with Crippen molar-refractivity contribution in [3.63, 3.8) is 0 Å². The first-order valence-electron chi connectivity index (χ1n) is 9.83. The lowest BCUT2D eigenvalue weighted by Crippen LogP contribution is -2.49. The molecule has 29 heavy (non-hydrogen) atoms. The molecule has 150 valence electrons. The Labute approximate surface area is 170 Å².